The predicted octanol–water partition coefficient (Wildman–Crippen LogP) is 4.60. The van der Waals surface area contributed by atoms with Gasteiger partial charge in [0.15, 0.2) is 0 Å². The molecule has 0 spiro atoms. The minimum Gasteiger partial charge on any atom is -0.489 e. The fourth-order valence-corrected chi connectivity index (χ4v) is 4.29. The van der Waals surface area contributed by atoms with Gasteiger partial charge >= 0.3 is 0 Å². The van der Waals surface area contributed by atoms with Gasteiger partial charge in [0, 0.05) is 31.9 Å². The monoisotopic (exact) mass is 392 g/mol. The molecule has 5 heteroatoms. The van der Waals surface area contributed by atoms with E-state index in [0.717, 1.165) is 47.9 Å². The Morgan fingerprint density at radius 1 is 0.964 bits per heavy atom. The number of thiophene rings is 1. The van der Waals surface area contributed by atoms with Crippen LogP contribution in [-0.2, 0) is 6.61 Å². The van der Waals surface area contributed by atoms with Crippen molar-refractivity contribution in [1.82, 2.24) is 4.90 Å². The lowest BCUT2D eigenvalue weighted by molar-refractivity contribution is 0.0751. The van der Waals surface area contributed by atoms with Crippen molar-refractivity contribution in [2.75, 3.05) is 31.1 Å². The van der Waals surface area contributed by atoms with Crippen molar-refractivity contribution in [3.63, 3.8) is 0 Å². The van der Waals surface area contributed by atoms with Crippen molar-refractivity contribution in [2.24, 2.45) is 0 Å². The normalized spacial score (nSPS) is 14.2. The van der Waals surface area contributed by atoms with Gasteiger partial charge in [-0.25, -0.2) is 0 Å². The molecule has 2 heterocycles. The number of amides is 1. The Hall–Kier alpha value is -2.79. The van der Waals surface area contributed by atoms with Crippen molar-refractivity contribution in [1.29, 1.82) is 0 Å². The second kappa shape index (κ2) is 8.48. The standard InChI is InChI=1S/C23H24N2O2S/c1-18-11-16-28-22(18)23(26)25-14-12-24(13-15-25)20-7-9-21(10-8-20)27-17-19-5-3-2-4-6-19/h2-11,16H,12-15,17H2,1H3. The molecular weight excluding hydrogens is 368 g/mol. The molecule has 0 radical (unpaired) electrons. The van der Waals surface area contributed by atoms with E-state index in [9.17, 15) is 4.79 Å². The Kier molecular flexibility index (Phi) is 5.63. The molecule has 0 aliphatic carbocycles. The van der Waals surface area contributed by atoms with Gasteiger partial charge in [-0.3, -0.25) is 4.79 Å². The molecule has 4 nitrogen and oxygen atoms in total. The molecule has 0 unspecified atom stereocenters. The Morgan fingerprint density at radius 2 is 1.68 bits per heavy atom. The Balaban J connectivity index is 1.31. The number of hydrogen-bond donors (Lipinski definition) is 0. The number of aryl methyl sites for hydroxylation is 1. The highest BCUT2D eigenvalue weighted by Crippen LogP contribution is 2.23. The first-order valence-corrected chi connectivity index (χ1v) is 10.4. The van der Waals surface area contributed by atoms with Crippen LogP contribution < -0.4 is 9.64 Å². The van der Waals surface area contributed by atoms with Crippen molar-refractivity contribution in [3.8, 4) is 5.75 Å². The number of anilines is 1. The van der Waals surface area contributed by atoms with Gasteiger partial charge in [0.1, 0.15) is 12.4 Å². The summed E-state index contributed by atoms with van der Waals surface area (Å²) >= 11 is 1.53. The van der Waals surface area contributed by atoms with E-state index >= 15 is 0 Å². The van der Waals surface area contributed by atoms with Crippen LogP contribution in [0.1, 0.15) is 20.8 Å². The van der Waals surface area contributed by atoms with Gasteiger partial charge in [-0.2, -0.15) is 0 Å². The third-order valence-electron chi connectivity index (χ3n) is 5.07. The molecule has 144 valence electrons. The average Bonchev–Trinajstić information content (AvgIpc) is 3.19. The number of hydrogen-bond acceptors (Lipinski definition) is 4. The topological polar surface area (TPSA) is 32.8 Å². The van der Waals surface area contributed by atoms with E-state index in [1.54, 1.807) is 0 Å². The first-order chi connectivity index (χ1) is 13.7. The second-order valence-electron chi connectivity index (χ2n) is 6.98. The summed E-state index contributed by atoms with van der Waals surface area (Å²) in [5, 5.41) is 1.99. The lowest BCUT2D eigenvalue weighted by Crippen LogP contribution is -2.48. The smallest absolute Gasteiger partial charge is 0.264 e. The zero-order chi connectivity index (χ0) is 19.3. The molecule has 1 fully saturated rings. The number of piperazine rings is 1. The first kappa shape index (κ1) is 18.6. The highest BCUT2D eigenvalue weighted by atomic mass is 32.1. The molecule has 1 aliphatic rings. The van der Waals surface area contributed by atoms with E-state index in [4.69, 9.17) is 4.74 Å². The molecule has 1 aliphatic heterocycles. The van der Waals surface area contributed by atoms with Crippen LogP contribution >= 0.6 is 11.3 Å². The molecule has 0 saturated carbocycles. The highest BCUT2D eigenvalue weighted by molar-refractivity contribution is 7.12. The van der Waals surface area contributed by atoms with Gasteiger partial charge in [-0.15, -0.1) is 11.3 Å². The Labute approximate surface area is 170 Å². The van der Waals surface area contributed by atoms with Gasteiger partial charge in [0.25, 0.3) is 5.91 Å². The van der Waals surface area contributed by atoms with Crippen LogP contribution in [-0.4, -0.2) is 37.0 Å². The van der Waals surface area contributed by atoms with Crippen LogP contribution in [0.25, 0.3) is 0 Å². The minimum absolute atomic E-state index is 0.164. The molecule has 4 rings (SSSR count). The van der Waals surface area contributed by atoms with Crippen molar-refractivity contribution in [2.45, 2.75) is 13.5 Å². The summed E-state index contributed by atoms with van der Waals surface area (Å²) < 4.78 is 5.87. The van der Waals surface area contributed by atoms with Crippen LogP contribution in [0.15, 0.2) is 66.0 Å². The number of carbonyl (C=O) groups excluding carboxylic acids is 1. The number of ether oxygens (including phenoxy) is 1. The lowest BCUT2D eigenvalue weighted by Gasteiger charge is -2.36. The fourth-order valence-electron chi connectivity index (χ4n) is 3.40. The zero-order valence-electron chi connectivity index (χ0n) is 16.0. The molecule has 2 aromatic carbocycles. The van der Waals surface area contributed by atoms with E-state index in [2.05, 4.69) is 29.2 Å². The Morgan fingerprint density at radius 3 is 2.32 bits per heavy atom. The molecule has 3 aromatic rings. The minimum atomic E-state index is 0.164. The number of rotatable bonds is 5. The number of nitrogens with zero attached hydrogens (tertiary/aromatic N) is 2. The molecular formula is C23H24N2O2S. The van der Waals surface area contributed by atoms with Gasteiger partial charge in [0.2, 0.25) is 0 Å². The molecule has 0 bridgehead atoms. The Bertz CT molecular complexity index is 913. The number of carbonyl (C=O) groups is 1. The van der Waals surface area contributed by atoms with Gasteiger partial charge in [-0.05, 0) is 53.8 Å². The molecule has 1 saturated heterocycles. The summed E-state index contributed by atoms with van der Waals surface area (Å²) in [4.78, 5) is 17.8. The van der Waals surface area contributed by atoms with Gasteiger partial charge < -0.3 is 14.5 Å². The predicted molar refractivity (Wildman–Crippen MR) is 114 cm³/mol. The summed E-state index contributed by atoms with van der Waals surface area (Å²) in [5.41, 5.74) is 3.41. The van der Waals surface area contributed by atoms with E-state index in [1.165, 1.54) is 17.0 Å². The zero-order valence-corrected chi connectivity index (χ0v) is 16.8. The van der Waals surface area contributed by atoms with Crippen LogP contribution in [0.4, 0.5) is 5.69 Å². The molecule has 0 N–H and O–H groups in total. The summed E-state index contributed by atoms with van der Waals surface area (Å²) in [5.74, 6) is 1.03. The van der Waals surface area contributed by atoms with E-state index in [1.807, 2.05) is 53.6 Å². The van der Waals surface area contributed by atoms with Crippen molar-refractivity contribution in [3.05, 3.63) is 82.0 Å². The fraction of sp³-hybridized carbons (Fsp3) is 0.261. The maximum absolute atomic E-state index is 12.7. The van der Waals surface area contributed by atoms with Crippen molar-refractivity contribution < 1.29 is 9.53 Å². The maximum atomic E-state index is 12.7. The molecule has 28 heavy (non-hydrogen) atoms. The van der Waals surface area contributed by atoms with Crippen LogP contribution in [0.5, 0.6) is 5.75 Å². The largest absolute Gasteiger partial charge is 0.489 e. The van der Waals surface area contributed by atoms with Crippen LogP contribution in [0.2, 0.25) is 0 Å². The average molecular weight is 393 g/mol. The van der Waals surface area contributed by atoms with Crippen molar-refractivity contribution >= 4 is 22.9 Å². The van der Waals surface area contributed by atoms with E-state index < -0.39 is 0 Å². The van der Waals surface area contributed by atoms with E-state index in [0.29, 0.717) is 6.61 Å². The second-order valence-corrected chi connectivity index (χ2v) is 7.90. The summed E-state index contributed by atoms with van der Waals surface area (Å²) in [6.45, 7) is 5.77. The molecule has 1 aromatic heterocycles. The summed E-state index contributed by atoms with van der Waals surface area (Å²) in [7, 11) is 0. The molecule has 1 amide bonds. The lowest BCUT2D eigenvalue weighted by atomic mass is 10.2. The first-order valence-electron chi connectivity index (χ1n) is 9.56. The number of benzene rings is 2. The quantitative estimate of drug-likeness (QED) is 0.636. The summed E-state index contributed by atoms with van der Waals surface area (Å²) in [6, 6.07) is 20.4. The van der Waals surface area contributed by atoms with E-state index in [-0.39, 0.29) is 5.91 Å². The summed E-state index contributed by atoms with van der Waals surface area (Å²) in [6.07, 6.45) is 0. The van der Waals surface area contributed by atoms with Gasteiger partial charge in [-0.1, -0.05) is 30.3 Å². The maximum Gasteiger partial charge on any atom is 0.264 e. The SMILES string of the molecule is Cc1ccsc1C(=O)N1CCN(c2ccc(OCc3ccccc3)cc2)CC1. The van der Waals surface area contributed by atoms with Crippen LogP contribution in [0.3, 0.4) is 0 Å². The van der Waals surface area contributed by atoms with Crippen LogP contribution in [0, 0.1) is 6.92 Å². The third-order valence-corrected chi connectivity index (χ3v) is 6.08. The van der Waals surface area contributed by atoms with Gasteiger partial charge in [0.05, 0.1) is 4.88 Å². The third kappa shape index (κ3) is 4.20. The molecule has 0 atom stereocenters. The highest BCUT2D eigenvalue weighted by Gasteiger charge is 2.24.